The summed E-state index contributed by atoms with van der Waals surface area (Å²) in [6.45, 7) is 8.62. The lowest BCUT2D eigenvalue weighted by Gasteiger charge is -2.32. The van der Waals surface area contributed by atoms with Crippen molar-refractivity contribution in [1.29, 1.82) is 0 Å². The number of aromatic amines is 1. The molecule has 2 N–H and O–H groups in total. The van der Waals surface area contributed by atoms with Gasteiger partial charge in [0.15, 0.2) is 0 Å². The Kier molecular flexibility index (Phi) is 6.82. The molecule has 168 valence electrons. The second kappa shape index (κ2) is 9.36. The number of methoxy groups -OCH3 is 1. The fourth-order valence-electron chi connectivity index (χ4n) is 4.22. The van der Waals surface area contributed by atoms with Gasteiger partial charge in [-0.15, -0.1) is 0 Å². The lowest BCUT2D eigenvalue weighted by atomic mass is 9.96. The largest absolute Gasteiger partial charge is 0.465 e. The average molecular weight is 431 g/mol. The van der Waals surface area contributed by atoms with Gasteiger partial charge >= 0.3 is 5.97 Å². The third kappa shape index (κ3) is 4.65. The van der Waals surface area contributed by atoms with Crippen LogP contribution in [0.4, 0.5) is 0 Å². The molecule has 2 aromatic heterocycles. The first kappa shape index (κ1) is 22.6. The third-order valence-electron chi connectivity index (χ3n) is 5.98. The molecule has 0 aromatic carbocycles. The number of rotatable bonds is 6. The number of likely N-dealkylation sites (tertiary alicyclic amines) is 1. The Hall–Kier alpha value is -3.10. The topological polar surface area (TPSA) is 118 Å². The lowest BCUT2D eigenvalue weighted by Crippen LogP contribution is -2.46. The van der Waals surface area contributed by atoms with E-state index in [1.54, 1.807) is 18.7 Å². The molecule has 1 fully saturated rings. The van der Waals surface area contributed by atoms with Gasteiger partial charge in [0.1, 0.15) is 11.5 Å². The third-order valence-corrected chi connectivity index (χ3v) is 5.98. The molecule has 1 saturated heterocycles. The zero-order chi connectivity index (χ0) is 22.7. The van der Waals surface area contributed by atoms with Crippen LogP contribution in [0.3, 0.4) is 0 Å². The van der Waals surface area contributed by atoms with Gasteiger partial charge in [0, 0.05) is 30.9 Å². The summed E-state index contributed by atoms with van der Waals surface area (Å²) in [6, 6.07) is 0. The van der Waals surface area contributed by atoms with Crippen LogP contribution in [0.1, 0.15) is 62.0 Å². The number of H-pyrrole nitrogens is 1. The molecule has 0 saturated carbocycles. The van der Waals surface area contributed by atoms with Crippen molar-refractivity contribution >= 4 is 17.8 Å². The van der Waals surface area contributed by atoms with Crippen LogP contribution in [0.2, 0.25) is 0 Å². The Morgan fingerprint density at radius 3 is 2.65 bits per heavy atom. The van der Waals surface area contributed by atoms with Crippen molar-refractivity contribution < 1.29 is 23.6 Å². The first-order valence-electron chi connectivity index (χ1n) is 10.5. The first-order valence-corrected chi connectivity index (χ1v) is 10.5. The molecule has 0 bridgehead atoms. The van der Waals surface area contributed by atoms with E-state index in [0.29, 0.717) is 48.6 Å². The minimum Gasteiger partial charge on any atom is -0.465 e. The quantitative estimate of drug-likeness (QED) is 0.679. The monoisotopic (exact) mass is 430 g/mol. The van der Waals surface area contributed by atoms with E-state index in [1.807, 2.05) is 13.8 Å². The highest BCUT2D eigenvalue weighted by atomic mass is 16.5. The van der Waals surface area contributed by atoms with Crippen LogP contribution in [-0.2, 0) is 16.0 Å². The number of amides is 2. The molecule has 0 spiro atoms. The Labute approximate surface area is 181 Å². The molecule has 0 aliphatic carbocycles. The summed E-state index contributed by atoms with van der Waals surface area (Å²) in [5, 5.41) is 6.91. The number of nitrogens with one attached hydrogen (secondary N) is 2. The summed E-state index contributed by atoms with van der Waals surface area (Å²) in [4.78, 5) is 42.5. The number of aromatic nitrogens is 2. The van der Waals surface area contributed by atoms with Gasteiger partial charge in [0.25, 0.3) is 5.91 Å². The standard InChI is InChI=1S/C22H30N4O5/c1-12-18(22(29)30-5)14(3)24-19(12)21(28)26-10-6-7-16(11-26)20(27)23-9-8-17-13(2)25-31-15(17)4/h16,24H,6-11H2,1-5H3,(H,23,27)/t16-/m1/s1. The zero-order valence-electron chi connectivity index (χ0n) is 18.8. The van der Waals surface area contributed by atoms with Gasteiger partial charge in [-0.25, -0.2) is 4.79 Å². The van der Waals surface area contributed by atoms with Gasteiger partial charge in [-0.3, -0.25) is 9.59 Å². The van der Waals surface area contributed by atoms with Gasteiger partial charge < -0.3 is 24.5 Å². The maximum atomic E-state index is 13.1. The maximum Gasteiger partial charge on any atom is 0.339 e. The Balaban J connectivity index is 1.61. The highest BCUT2D eigenvalue weighted by molar-refractivity contribution is 6.00. The molecule has 1 atom stereocenters. The molecule has 2 aromatic rings. The van der Waals surface area contributed by atoms with Crippen molar-refractivity contribution in [3.63, 3.8) is 0 Å². The summed E-state index contributed by atoms with van der Waals surface area (Å²) >= 11 is 0. The number of aryl methyl sites for hydroxylation is 3. The van der Waals surface area contributed by atoms with Crippen molar-refractivity contribution in [3.05, 3.63) is 39.5 Å². The SMILES string of the molecule is COC(=O)c1c(C)[nH]c(C(=O)N2CCC[C@@H](C(=O)NCCc3c(C)noc3C)C2)c1C. The van der Waals surface area contributed by atoms with Crippen LogP contribution in [-0.4, -0.2) is 59.6 Å². The summed E-state index contributed by atoms with van der Waals surface area (Å²) in [5.41, 5.74) is 3.77. The molecule has 3 rings (SSSR count). The molecule has 31 heavy (non-hydrogen) atoms. The number of nitrogens with zero attached hydrogens (tertiary/aromatic N) is 2. The van der Waals surface area contributed by atoms with Crippen LogP contribution in [0.5, 0.6) is 0 Å². The normalized spacial score (nSPS) is 16.3. The van der Waals surface area contributed by atoms with E-state index in [0.717, 1.165) is 29.9 Å². The van der Waals surface area contributed by atoms with E-state index >= 15 is 0 Å². The summed E-state index contributed by atoms with van der Waals surface area (Å²) < 4.78 is 9.97. The number of carbonyl (C=O) groups is 3. The van der Waals surface area contributed by atoms with Gasteiger partial charge in [-0.05, 0) is 52.5 Å². The Morgan fingerprint density at radius 1 is 1.26 bits per heavy atom. The van der Waals surface area contributed by atoms with Crippen molar-refractivity contribution in [1.82, 2.24) is 20.4 Å². The Morgan fingerprint density at radius 2 is 2.00 bits per heavy atom. The number of piperidine rings is 1. The number of hydrogen-bond donors (Lipinski definition) is 2. The number of hydrogen-bond acceptors (Lipinski definition) is 6. The van der Waals surface area contributed by atoms with Gasteiger partial charge in [0.2, 0.25) is 5.91 Å². The van der Waals surface area contributed by atoms with Crippen molar-refractivity contribution in [2.24, 2.45) is 5.92 Å². The maximum absolute atomic E-state index is 13.1. The van der Waals surface area contributed by atoms with Crippen LogP contribution in [0.15, 0.2) is 4.52 Å². The van der Waals surface area contributed by atoms with E-state index in [2.05, 4.69) is 15.5 Å². The molecular weight excluding hydrogens is 400 g/mol. The van der Waals surface area contributed by atoms with Crippen LogP contribution >= 0.6 is 0 Å². The average Bonchev–Trinajstić information content (AvgIpc) is 3.24. The van der Waals surface area contributed by atoms with E-state index in [4.69, 9.17) is 9.26 Å². The van der Waals surface area contributed by atoms with Gasteiger partial charge in [-0.2, -0.15) is 0 Å². The summed E-state index contributed by atoms with van der Waals surface area (Å²) in [7, 11) is 1.31. The van der Waals surface area contributed by atoms with E-state index in [9.17, 15) is 14.4 Å². The summed E-state index contributed by atoms with van der Waals surface area (Å²) in [5.74, 6) is -0.231. The molecule has 1 aliphatic heterocycles. The second-order valence-electron chi connectivity index (χ2n) is 8.05. The summed E-state index contributed by atoms with van der Waals surface area (Å²) in [6.07, 6.45) is 2.13. The Bertz CT molecular complexity index is 971. The zero-order valence-corrected chi connectivity index (χ0v) is 18.8. The fourth-order valence-corrected chi connectivity index (χ4v) is 4.22. The predicted octanol–water partition coefficient (Wildman–Crippen LogP) is 2.23. The van der Waals surface area contributed by atoms with Crippen LogP contribution in [0.25, 0.3) is 0 Å². The van der Waals surface area contributed by atoms with Gasteiger partial charge in [-0.1, -0.05) is 5.16 Å². The fraction of sp³-hybridized carbons (Fsp3) is 0.545. The van der Waals surface area contributed by atoms with Crippen molar-refractivity contribution in [3.8, 4) is 0 Å². The van der Waals surface area contributed by atoms with Crippen molar-refractivity contribution in [2.45, 2.75) is 47.0 Å². The molecule has 3 heterocycles. The first-order chi connectivity index (χ1) is 14.7. The number of ether oxygens (including phenoxy) is 1. The van der Waals surface area contributed by atoms with E-state index < -0.39 is 5.97 Å². The van der Waals surface area contributed by atoms with Crippen molar-refractivity contribution in [2.75, 3.05) is 26.7 Å². The smallest absolute Gasteiger partial charge is 0.339 e. The molecular formula is C22H30N4O5. The lowest BCUT2D eigenvalue weighted by molar-refractivity contribution is -0.126. The molecule has 9 nitrogen and oxygen atoms in total. The highest BCUT2D eigenvalue weighted by Gasteiger charge is 2.31. The minimum absolute atomic E-state index is 0.0566. The molecule has 0 unspecified atom stereocenters. The number of carbonyl (C=O) groups excluding carboxylic acids is 3. The minimum atomic E-state index is -0.473. The molecule has 9 heteroatoms. The van der Waals surface area contributed by atoms with Crippen LogP contribution in [0, 0.1) is 33.6 Å². The second-order valence-corrected chi connectivity index (χ2v) is 8.05. The van der Waals surface area contributed by atoms with E-state index in [1.165, 1.54) is 7.11 Å². The molecule has 1 aliphatic rings. The molecule has 0 radical (unpaired) electrons. The van der Waals surface area contributed by atoms with Crippen LogP contribution < -0.4 is 5.32 Å². The highest BCUT2D eigenvalue weighted by Crippen LogP contribution is 2.23. The molecule has 2 amide bonds. The van der Waals surface area contributed by atoms with E-state index in [-0.39, 0.29) is 17.7 Å². The number of esters is 1. The predicted molar refractivity (Wildman–Crippen MR) is 113 cm³/mol. The van der Waals surface area contributed by atoms with Gasteiger partial charge in [0.05, 0.1) is 24.3 Å².